The fourth-order valence-corrected chi connectivity index (χ4v) is 4.83. The summed E-state index contributed by atoms with van der Waals surface area (Å²) >= 11 is 0. The zero-order chi connectivity index (χ0) is 30.8. The van der Waals surface area contributed by atoms with Crippen LogP contribution < -0.4 is 19.7 Å². The molecule has 0 fully saturated rings. The minimum atomic E-state index is -0.564. The van der Waals surface area contributed by atoms with Crippen LogP contribution in [0.15, 0.2) is 73.2 Å². The summed E-state index contributed by atoms with van der Waals surface area (Å²) in [6.45, 7) is 2.99. The van der Waals surface area contributed by atoms with Gasteiger partial charge >= 0.3 is 0 Å². The fourth-order valence-electron chi connectivity index (χ4n) is 4.83. The number of unbranched alkanes of at least 4 members (excludes halogenated alkanes) is 1. The number of benzene rings is 3. The molecule has 0 aliphatic rings. The molecule has 1 heterocycles. The van der Waals surface area contributed by atoms with E-state index in [1.807, 2.05) is 22.8 Å². The van der Waals surface area contributed by atoms with Gasteiger partial charge in [-0.3, -0.25) is 4.79 Å². The van der Waals surface area contributed by atoms with Gasteiger partial charge in [-0.25, -0.2) is 9.37 Å². The number of nitriles is 1. The van der Waals surface area contributed by atoms with Gasteiger partial charge in [-0.1, -0.05) is 31.9 Å². The van der Waals surface area contributed by atoms with Crippen molar-refractivity contribution in [2.24, 2.45) is 0 Å². The lowest BCUT2D eigenvalue weighted by molar-refractivity contribution is -0.121. The van der Waals surface area contributed by atoms with E-state index in [9.17, 15) is 14.3 Å². The topological polar surface area (TPSA) is 113 Å². The molecule has 2 N–H and O–H groups in total. The number of hydrogen-bond donors (Lipinski definition) is 2. The number of imidazole rings is 1. The van der Waals surface area contributed by atoms with Gasteiger partial charge in [0, 0.05) is 42.7 Å². The van der Waals surface area contributed by atoms with Crippen LogP contribution in [0.1, 0.15) is 48.6 Å². The number of hydrogen-bond acceptors (Lipinski definition) is 7. The highest BCUT2D eigenvalue weighted by Gasteiger charge is 2.27. The molecule has 232 valence electrons. The maximum absolute atomic E-state index is 14.2. The van der Waals surface area contributed by atoms with Crippen molar-refractivity contribution in [2.75, 3.05) is 19.1 Å². The number of amides is 1. The minimum absolute atomic E-state index is 0. The maximum Gasteiger partial charge on any atom is 0.244 e. The van der Waals surface area contributed by atoms with E-state index in [-0.39, 0.29) is 36.2 Å². The Morgan fingerprint density at radius 3 is 2.66 bits per heavy atom. The van der Waals surface area contributed by atoms with Crippen LogP contribution in [0.4, 0.5) is 10.1 Å². The molecule has 4 aromatic rings. The number of carbonyl (C=O) groups excluding carboxylic acids is 1. The van der Waals surface area contributed by atoms with E-state index in [1.165, 1.54) is 12.1 Å². The number of ether oxygens (including phenoxy) is 2. The Morgan fingerprint density at radius 2 is 1.98 bits per heavy atom. The van der Waals surface area contributed by atoms with E-state index >= 15 is 0 Å². The van der Waals surface area contributed by atoms with Gasteiger partial charge in [0.15, 0.2) is 0 Å². The number of aromatic nitrogens is 2. The Kier molecular flexibility index (Phi) is 12.6. The van der Waals surface area contributed by atoms with Crippen LogP contribution in [-0.4, -0.2) is 40.8 Å². The Balaban J connectivity index is 0.00000529. The summed E-state index contributed by atoms with van der Waals surface area (Å²) in [6, 6.07) is 17.9. The quantitative estimate of drug-likeness (QED) is 0.178. The molecule has 4 rings (SSSR count). The Morgan fingerprint density at radius 1 is 1.16 bits per heavy atom. The number of aromatic hydroxyl groups is 1. The molecular weight excluding hydrogens is 585 g/mol. The van der Waals surface area contributed by atoms with Gasteiger partial charge in [0.2, 0.25) is 5.91 Å². The van der Waals surface area contributed by atoms with E-state index in [2.05, 4.69) is 17.2 Å². The second kappa shape index (κ2) is 16.3. The third kappa shape index (κ3) is 8.49. The summed E-state index contributed by atoms with van der Waals surface area (Å²) in [5, 5.41) is 22.7. The van der Waals surface area contributed by atoms with E-state index < -0.39 is 11.9 Å². The van der Waals surface area contributed by atoms with Gasteiger partial charge in [-0.2, -0.15) is 5.26 Å². The first-order chi connectivity index (χ1) is 20.9. The first-order valence-electron chi connectivity index (χ1n) is 14.1. The molecular formula is C33H37ClFN5O4. The summed E-state index contributed by atoms with van der Waals surface area (Å²) < 4.78 is 27.0. The average molecular weight is 622 g/mol. The number of rotatable bonds is 14. The maximum atomic E-state index is 14.2. The molecule has 11 heteroatoms. The number of nitrogens with one attached hydrogen (secondary N) is 1. The van der Waals surface area contributed by atoms with E-state index in [4.69, 9.17) is 14.7 Å². The van der Waals surface area contributed by atoms with Gasteiger partial charge in [-0.05, 0) is 48.4 Å². The molecule has 44 heavy (non-hydrogen) atoms. The molecule has 1 amide bonds. The summed E-state index contributed by atoms with van der Waals surface area (Å²) in [5.41, 5.74) is 2.84. The van der Waals surface area contributed by atoms with Crippen molar-refractivity contribution in [3.8, 4) is 23.3 Å². The molecule has 1 aromatic heterocycles. The lowest BCUT2D eigenvalue weighted by atomic mass is 10.1. The lowest BCUT2D eigenvalue weighted by Crippen LogP contribution is -2.46. The number of halogens is 2. The number of anilines is 1. The van der Waals surface area contributed by atoms with Crippen molar-refractivity contribution >= 4 is 24.0 Å². The van der Waals surface area contributed by atoms with E-state index in [0.717, 1.165) is 24.1 Å². The Bertz CT molecular complexity index is 1590. The van der Waals surface area contributed by atoms with Gasteiger partial charge in [-0.15, -0.1) is 12.4 Å². The highest BCUT2D eigenvalue weighted by Crippen LogP contribution is 2.29. The van der Waals surface area contributed by atoms with Crippen LogP contribution in [0.25, 0.3) is 0 Å². The number of phenolic OH excluding ortho intramolecular Hbond substituents is 1. The molecule has 0 saturated heterocycles. The van der Waals surface area contributed by atoms with Crippen molar-refractivity contribution in [1.29, 1.82) is 5.26 Å². The van der Waals surface area contributed by atoms with Crippen molar-refractivity contribution in [3.63, 3.8) is 0 Å². The monoisotopic (exact) mass is 621 g/mol. The molecule has 0 bridgehead atoms. The molecule has 1 unspecified atom stereocenters. The van der Waals surface area contributed by atoms with Crippen molar-refractivity contribution in [3.05, 3.63) is 101 Å². The van der Waals surface area contributed by atoms with Crippen LogP contribution in [0.3, 0.4) is 0 Å². The second-order valence-corrected chi connectivity index (χ2v) is 10.1. The van der Waals surface area contributed by atoms with Crippen LogP contribution in [0.2, 0.25) is 0 Å². The van der Waals surface area contributed by atoms with Crippen LogP contribution in [0, 0.1) is 17.1 Å². The number of methoxy groups -OCH3 is 2. The highest BCUT2D eigenvalue weighted by atomic mass is 35.5. The second-order valence-electron chi connectivity index (χ2n) is 10.1. The van der Waals surface area contributed by atoms with Crippen molar-refractivity contribution in [2.45, 2.75) is 51.9 Å². The lowest BCUT2D eigenvalue weighted by Gasteiger charge is -2.29. The number of nitrogens with zero attached hydrogens (tertiary/aromatic N) is 4. The molecule has 3 aromatic carbocycles. The van der Waals surface area contributed by atoms with Gasteiger partial charge in [0.1, 0.15) is 29.1 Å². The Hall–Kier alpha value is -4.59. The molecule has 1 atom stereocenters. The van der Waals surface area contributed by atoms with E-state index in [0.29, 0.717) is 42.3 Å². The van der Waals surface area contributed by atoms with Crippen LogP contribution >= 0.6 is 12.4 Å². The normalized spacial score (nSPS) is 11.2. The van der Waals surface area contributed by atoms with Gasteiger partial charge in [0.25, 0.3) is 0 Å². The zero-order valence-electron chi connectivity index (χ0n) is 25.0. The molecule has 0 aliphatic heterocycles. The SMILES string of the molecule is CCCCC(NCc1cncn1Cc1ccc(C#N)c(F)c1)C(=O)N(Cc1ccc(OC)cc1OC)c1cccc(O)c1.Cl. The third-order valence-corrected chi connectivity index (χ3v) is 7.21. The molecule has 0 aliphatic carbocycles. The van der Waals surface area contributed by atoms with Crippen molar-refractivity contribution < 1.29 is 23.8 Å². The number of phenols is 1. The predicted octanol–water partition coefficient (Wildman–Crippen LogP) is 5.97. The predicted molar refractivity (Wildman–Crippen MR) is 169 cm³/mol. The first-order valence-corrected chi connectivity index (χ1v) is 14.1. The summed E-state index contributed by atoms with van der Waals surface area (Å²) in [4.78, 5) is 20.2. The average Bonchev–Trinajstić information content (AvgIpc) is 3.46. The van der Waals surface area contributed by atoms with Gasteiger partial charge in [0.05, 0.1) is 44.4 Å². The highest BCUT2D eigenvalue weighted by molar-refractivity contribution is 5.97. The standard InChI is InChI=1S/C33H36FN5O4.ClH/c1-4-5-9-31(37-19-27-18-36-22-38(27)20-23-10-11-24(17-35)30(34)14-23)33(41)39(26-7-6-8-28(40)15-26)21-25-12-13-29(42-2)16-32(25)43-3;/h6-8,10-16,18,22,31,37,40H,4-5,9,19-21H2,1-3H3;1H. The smallest absolute Gasteiger partial charge is 0.244 e. The zero-order valence-corrected chi connectivity index (χ0v) is 25.8. The number of carbonyl (C=O) groups is 1. The molecule has 0 spiro atoms. The van der Waals surface area contributed by atoms with Crippen LogP contribution in [0.5, 0.6) is 17.2 Å². The van der Waals surface area contributed by atoms with Crippen LogP contribution in [-0.2, 0) is 24.4 Å². The minimum Gasteiger partial charge on any atom is -0.508 e. The van der Waals surface area contributed by atoms with Crippen molar-refractivity contribution in [1.82, 2.24) is 14.9 Å². The largest absolute Gasteiger partial charge is 0.508 e. The molecule has 0 radical (unpaired) electrons. The first kappa shape index (κ1) is 33.9. The fraction of sp³-hybridized carbons (Fsp3) is 0.303. The molecule has 0 saturated carbocycles. The summed E-state index contributed by atoms with van der Waals surface area (Å²) in [6.07, 6.45) is 5.70. The molecule has 9 nitrogen and oxygen atoms in total. The Labute approximate surface area is 263 Å². The van der Waals surface area contributed by atoms with E-state index in [1.54, 1.807) is 68.0 Å². The summed E-state index contributed by atoms with van der Waals surface area (Å²) in [7, 11) is 3.15. The summed E-state index contributed by atoms with van der Waals surface area (Å²) in [5.74, 6) is 0.554. The van der Waals surface area contributed by atoms with Gasteiger partial charge < -0.3 is 29.4 Å². The third-order valence-electron chi connectivity index (χ3n) is 7.21.